The lowest BCUT2D eigenvalue weighted by Gasteiger charge is -2.52. The van der Waals surface area contributed by atoms with Crippen molar-refractivity contribution in [2.45, 2.75) is 31.9 Å². The van der Waals surface area contributed by atoms with Crippen molar-refractivity contribution < 1.29 is 23.8 Å². The first-order valence-corrected chi connectivity index (χ1v) is 8.07. The zero-order chi connectivity index (χ0) is 18.8. The molecule has 1 amide bonds. The number of anilines is 1. The number of ether oxygens (including phenoxy) is 3. The number of likely N-dealkylation sites (N-methyl/N-ethyl adjacent to an activating group) is 1. The maximum Gasteiger partial charge on any atom is 0.410 e. The Hall–Kier alpha value is -2.44. The average molecular weight is 350 g/mol. The molecular formula is C18H26N2O5. The van der Waals surface area contributed by atoms with E-state index in [1.54, 1.807) is 7.11 Å². The first-order valence-electron chi connectivity index (χ1n) is 8.07. The molecule has 0 aromatic heterocycles. The quantitative estimate of drug-likeness (QED) is 0.776. The normalized spacial score (nSPS) is 15.8. The molecule has 25 heavy (non-hydrogen) atoms. The second kappa shape index (κ2) is 6.82. The molecule has 0 spiro atoms. The average Bonchev–Trinajstić information content (AvgIpc) is 2.51. The number of likely N-dealkylation sites (tertiary alicyclic amines) is 1. The Morgan fingerprint density at radius 2 is 1.68 bits per heavy atom. The van der Waals surface area contributed by atoms with Crippen LogP contribution in [-0.4, -0.2) is 62.5 Å². The maximum absolute atomic E-state index is 12.4. The summed E-state index contributed by atoms with van der Waals surface area (Å²) >= 11 is 0. The molecule has 0 saturated carbocycles. The highest BCUT2D eigenvalue weighted by atomic mass is 16.6. The van der Waals surface area contributed by atoms with Gasteiger partial charge in [-0.25, -0.2) is 9.59 Å². The van der Waals surface area contributed by atoms with Crippen LogP contribution >= 0.6 is 0 Å². The van der Waals surface area contributed by atoms with Gasteiger partial charge in [0.25, 0.3) is 0 Å². The number of esters is 1. The predicted molar refractivity (Wildman–Crippen MR) is 94.0 cm³/mol. The number of nitrogens with zero attached hydrogens (tertiary/aromatic N) is 2. The molecule has 7 heteroatoms. The highest BCUT2D eigenvalue weighted by Crippen LogP contribution is 2.34. The summed E-state index contributed by atoms with van der Waals surface area (Å²) in [5.41, 5.74) is -0.682. The van der Waals surface area contributed by atoms with E-state index in [1.165, 1.54) is 12.0 Å². The topological polar surface area (TPSA) is 68.3 Å². The fourth-order valence-electron chi connectivity index (χ4n) is 2.76. The predicted octanol–water partition coefficient (Wildman–Crippen LogP) is 2.29. The van der Waals surface area contributed by atoms with E-state index in [0.717, 1.165) is 11.4 Å². The molecule has 0 N–H and O–H groups in total. The minimum Gasteiger partial charge on any atom is -0.497 e. The molecule has 7 nitrogen and oxygen atoms in total. The minimum atomic E-state index is -0.930. The summed E-state index contributed by atoms with van der Waals surface area (Å²) in [6, 6.07) is 7.36. The Morgan fingerprint density at radius 3 is 2.12 bits per heavy atom. The van der Waals surface area contributed by atoms with Crippen molar-refractivity contribution >= 4 is 17.7 Å². The smallest absolute Gasteiger partial charge is 0.410 e. The first-order chi connectivity index (χ1) is 11.6. The Kier molecular flexibility index (Phi) is 5.15. The third-order valence-corrected chi connectivity index (χ3v) is 4.22. The Morgan fingerprint density at radius 1 is 1.12 bits per heavy atom. The van der Waals surface area contributed by atoms with E-state index in [-0.39, 0.29) is 19.1 Å². The molecule has 2 rings (SSSR count). The van der Waals surface area contributed by atoms with Crippen LogP contribution < -0.4 is 9.64 Å². The summed E-state index contributed by atoms with van der Waals surface area (Å²) in [5.74, 6) is 0.346. The molecule has 1 aliphatic heterocycles. The number of benzene rings is 1. The fourth-order valence-corrected chi connectivity index (χ4v) is 2.76. The summed E-state index contributed by atoms with van der Waals surface area (Å²) in [4.78, 5) is 28.0. The van der Waals surface area contributed by atoms with Crippen molar-refractivity contribution in [3.05, 3.63) is 24.3 Å². The number of amides is 1. The molecular weight excluding hydrogens is 324 g/mol. The number of hydrogen-bond donors (Lipinski definition) is 0. The van der Waals surface area contributed by atoms with Gasteiger partial charge in [0, 0.05) is 12.7 Å². The van der Waals surface area contributed by atoms with Gasteiger partial charge in [-0.3, -0.25) is 0 Å². The van der Waals surface area contributed by atoms with Gasteiger partial charge >= 0.3 is 12.1 Å². The van der Waals surface area contributed by atoms with E-state index >= 15 is 0 Å². The van der Waals surface area contributed by atoms with Gasteiger partial charge in [0.2, 0.25) is 0 Å². The van der Waals surface area contributed by atoms with Crippen LogP contribution in [0.25, 0.3) is 0 Å². The van der Waals surface area contributed by atoms with Gasteiger partial charge in [-0.15, -0.1) is 0 Å². The van der Waals surface area contributed by atoms with Crippen molar-refractivity contribution in [1.82, 2.24) is 4.90 Å². The lowest BCUT2D eigenvalue weighted by Crippen LogP contribution is -2.75. The first kappa shape index (κ1) is 18.9. The number of methoxy groups -OCH3 is 2. The van der Waals surface area contributed by atoms with Crippen molar-refractivity contribution in [1.29, 1.82) is 0 Å². The summed E-state index contributed by atoms with van der Waals surface area (Å²) in [5, 5.41) is 0. The molecule has 1 saturated heterocycles. The Labute approximate surface area is 148 Å². The van der Waals surface area contributed by atoms with Crippen LogP contribution in [0.1, 0.15) is 20.8 Å². The number of carbonyl (C=O) groups is 2. The number of carbonyl (C=O) groups excluding carboxylic acids is 2. The van der Waals surface area contributed by atoms with Gasteiger partial charge in [-0.1, -0.05) is 0 Å². The maximum atomic E-state index is 12.4. The van der Waals surface area contributed by atoms with Crippen molar-refractivity contribution in [3.63, 3.8) is 0 Å². The highest BCUT2D eigenvalue weighted by Gasteiger charge is 2.56. The van der Waals surface area contributed by atoms with E-state index in [2.05, 4.69) is 0 Å². The van der Waals surface area contributed by atoms with Gasteiger partial charge < -0.3 is 24.0 Å². The van der Waals surface area contributed by atoms with Gasteiger partial charge in [0.1, 0.15) is 11.4 Å². The van der Waals surface area contributed by atoms with E-state index in [9.17, 15) is 9.59 Å². The van der Waals surface area contributed by atoms with E-state index in [4.69, 9.17) is 14.2 Å². The molecule has 0 unspecified atom stereocenters. The minimum absolute atomic E-state index is 0.205. The van der Waals surface area contributed by atoms with E-state index in [1.807, 2.05) is 57.0 Å². The lowest BCUT2D eigenvalue weighted by molar-refractivity contribution is -0.153. The second-order valence-electron chi connectivity index (χ2n) is 7.12. The highest BCUT2D eigenvalue weighted by molar-refractivity contribution is 5.89. The standard InChI is InChI=1S/C18H26N2O5/c1-17(2,3)25-16(22)20-11-18(12-20,15(21)24-6)19(4)13-7-9-14(23-5)10-8-13/h7-10H,11-12H2,1-6H3. The summed E-state index contributed by atoms with van der Waals surface area (Å²) < 4.78 is 15.5. The molecule has 0 aliphatic carbocycles. The van der Waals surface area contributed by atoms with Gasteiger partial charge in [0.15, 0.2) is 5.54 Å². The monoisotopic (exact) mass is 350 g/mol. The molecule has 0 bridgehead atoms. The molecule has 0 atom stereocenters. The molecule has 1 aliphatic rings. The number of rotatable bonds is 4. The van der Waals surface area contributed by atoms with E-state index < -0.39 is 17.2 Å². The Bertz CT molecular complexity index is 630. The largest absolute Gasteiger partial charge is 0.497 e. The molecule has 1 aromatic carbocycles. The van der Waals surface area contributed by atoms with Gasteiger partial charge in [-0.05, 0) is 45.0 Å². The lowest BCUT2D eigenvalue weighted by atomic mass is 9.87. The zero-order valence-corrected chi connectivity index (χ0v) is 15.7. The third-order valence-electron chi connectivity index (χ3n) is 4.22. The van der Waals surface area contributed by atoms with Crippen LogP contribution in [-0.2, 0) is 14.3 Å². The van der Waals surface area contributed by atoms with Crippen molar-refractivity contribution in [3.8, 4) is 5.75 Å². The molecule has 138 valence electrons. The van der Waals surface area contributed by atoms with Gasteiger partial charge in [-0.2, -0.15) is 0 Å². The zero-order valence-electron chi connectivity index (χ0n) is 15.7. The summed E-state index contributed by atoms with van der Waals surface area (Å²) in [6.07, 6.45) is -0.435. The Balaban J connectivity index is 2.17. The van der Waals surface area contributed by atoms with Gasteiger partial charge in [0.05, 0.1) is 27.3 Å². The van der Waals surface area contributed by atoms with Crippen LogP contribution in [0, 0.1) is 0 Å². The van der Waals surface area contributed by atoms with E-state index in [0.29, 0.717) is 0 Å². The molecule has 1 aromatic rings. The van der Waals surface area contributed by atoms with Crippen LogP contribution in [0.4, 0.5) is 10.5 Å². The summed E-state index contributed by atoms with van der Waals surface area (Å²) in [6.45, 7) is 5.83. The molecule has 1 fully saturated rings. The fraction of sp³-hybridized carbons (Fsp3) is 0.556. The van der Waals surface area contributed by atoms with Crippen LogP contribution in [0.2, 0.25) is 0 Å². The third kappa shape index (κ3) is 3.81. The molecule has 0 radical (unpaired) electrons. The van der Waals surface area contributed by atoms with Crippen LogP contribution in [0.5, 0.6) is 5.75 Å². The number of hydrogen-bond acceptors (Lipinski definition) is 6. The molecule has 1 heterocycles. The van der Waals surface area contributed by atoms with Crippen molar-refractivity contribution in [2.75, 3.05) is 39.3 Å². The second-order valence-corrected chi connectivity index (χ2v) is 7.12. The van der Waals surface area contributed by atoms with Crippen LogP contribution in [0.15, 0.2) is 24.3 Å². The SMILES string of the molecule is COC(=O)C1(N(C)c2ccc(OC)cc2)CN(C(=O)OC(C)(C)C)C1. The summed E-state index contributed by atoms with van der Waals surface area (Å²) in [7, 11) is 4.76. The van der Waals surface area contributed by atoms with Crippen molar-refractivity contribution in [2.24, 2.45) is 0 Å². The van der Waals surface area contributed by atoms with Crippen LogP contribution in [0.3, 0.4) is 0 Å².